The number of aliphatic hydroxyl groups excluding tert-OH is 2. The maximum absolute atomic E-state index is 12.6. The second kappa shape index (κ2) is 39.8. The van der Waals surface area contributed by atoms with Gasteiger partial charge in [0.1, 0.15) is 12.2 Å². The van der Waals surface area contributed by atoms with Crippen molar-refractivity contribution in [1.29, 1.82) is 0 Å². The summed E-state index contributed by atoms with van der Waals surface area (Å²) >= 11 is 0. The van der Waals surface area contributed by atoms with Gasteiger partial charge in [-0.1, -0.05) is 123 Å². The van der Waals surface area contributed by atoms with Crippen molar-refractivity contribution in [3.8, 4) is 0 Å². The molecule has 9 nitrogen and oxygen atoms in total. The van der Waals surface area contributed by atoms with Gasteiger partial charge in [-0.15, -0.1) is 0 Å². The van der Waals surface area contributed by atoms with Gasteiger partial charge in [-0.2, -0.15) is 0 Å². The largest absolute Gasteiger partial charge is 0.472 e. The predicted octanol–water partition coefficient (Wildman–Crippen LogP) is 10.7. The molecule has 0 aliphatic heterocycles. The third kappa shape index (κ3) is 38.8. The van der Waals surface area contributed by atoms with Crippen molar-refractivity contribution >= 4 is 13.8 Å². The van der Waals surface area contributed by atoms with Crippen LogP contribution in [0.5, 0.6) is 0 Å². The molecule has 306 valence electrons. The highest BCUT2D eigenvalue weighted by atomic mass is 31.2. The number of rotatable bonds is 36. The standard InChI is InChI=1S/C44H71O9P/c1-3-5-7-9-11-13-15-17-19-20-21-23-25-27-29-31-33-35-37-50-40-43(41-52-54(48,49)51-39-42(46)38-45)53-44(47)36-34-32-30-28-26-24-22-18-16-14-12-10-8-6-4-2/h5-8,11-14,17-19,21-23,26-29,42-43,45-46H,3-4,9-10,15-16,20,24-25,30-41H2,1-2H3,(H,48,49)/b7-5-,8-6-,13-11-,14-12-,19-17-,22-18-,23-21-,28-26-,29-27-. The van der Waals surface area contributed by atoms with Crippen LogP contribution in [0.1, 0.15) is 117 Å². The minimum atomic E-state index is -4.55. The van der Waals surface area contributed by atoms with Gasteiger partial charge in [-0.05, 0) is 96.3 Å². The first-order valence-electron chi connectivity index (χ1n) is 19.9. The highest BCUT2D eigenvalue weighted by Gasteiger charge is 2.26. The van der Waals surface area contributed by atoms with Crippen LogP contribution in [0.15, 0.2) is 109 Å². The Labute approximate surface area is 327 Å². The second-order valence-electron chi connectivity index (χ2n) is 12.5. The summed E-state index contributed by atoms with van der Waals surface area (Å²) in [5.41, 5.74) is 0. The van der Waals surface area contributed by atoms with Crippen LogP contribution < -0.4 is 0 Å². The smallest absolute Gasteiger partial charge is 0.457 e. The van der Waals surface area contributed by atoms with Crippen LogP contribution in [-0.4, -0.2) is 66.3 Å². The summed E-state index contributed by atoms with van der Waals surface area (Å²) in [5, 5.41) is 18.3. The molecule has 3 unspecified atom stereocenters. The second-order valence-corrected chi connectivity index (χ2v) is 14.0. The summed E-state index contributed by atoms with van der Waals surface area (Å²) in [4.78, 5) is 22.5. The summed E-state index contributed by atoms with van der Waals surface area (Å²) in [6.07, 6.45) is 50.6. The average Bonchev–Trinajstić information content (AvgIpc) is 3.16. The molecule has 0 amide bonds. The molecule has 0 aliphatic carbocycles. The van der Waals surface area contributed by atoms with E-state index in [0.29, 0.717) is 13.0 Å². The molecular formula is C44H71O9P. The number of unbranched alkanes of at least 4 members (excludes halogenated alkanes) is 4. The molecule has 54 heavy (non-hydrogen) atoms. The van der Waals surface area contributed by atoms with Crippen LogP contribution in [-0.2, 0) is 27.9 Å². The minimum Gasteiger partial charge on any atom is -0.457 e. The fourth-order valence-corrected chi connectivity index (χ4v) is 5.28. The van der Waals surface area contributed by atoms with Crippen LogP contribution >= 0.6 is 7.82 Å². The lowest BCUT2D eigenvalue weighted by Gasteiger charge is -2.20. The molecule has 0 aromatic heterocycles. The number of ether oxygens (including phenoxy) is 2. The fraction of sp³-hybridized carbons (Fsp3) is 0.568. The summed E-state index contributed by atoms with van der Waals surface area (Å²) in [6.45, 7) is 3.07. The molecule has 0 saturated heterocycles. The molecule has 0 bridgehead atoms. The zero-order valence-corrected chi connectivity index (χ0v) is 34.0. The third-order valence-electron chi connectivity index (χ3n) is 7.45. The average molecular weight is 775 g/mol. The van der Waals surface area contributed by atoms with Crippen LogP contribution in [0.25, 0.3) is 0 Å². The topological polar surface area (TPSA) is 132 Å². The van der Waals surface area contributed by atoms with E-state index in [0.717, 1.165) is 89.9 Å². The highest BCUT2D eigenvalue weighted by molar-refractivity contribution is 7.47. The Bertz CT molecular complexity index is 1200. The quantitative estimate of drug-likeness (QED) is 0.0246. The number of carbonyl (C=O) groups excluding carboxylic acids is 1. The van der Waals surface area contributed by atoms with Crippen molar-refractivity contribution in [2.75, 3.05) is 33.0 Å². The normalized spacial score (nSPS) is 15.3. The molecule has 0 radical (unpaired) electrons. The molecular weight excluding hydrogens is 703 g/mol. The summed E-state index contributed by atoms with van der Waals surface area (Å²) in [5.74, 6) is -0.444. The van der Waals surface area contributed by atoms with E-state index in [1.54, 1.807) is 0 Å². The zero-order valence-electron chi connectivity index (χ0n) is 33.1. The Balaban J connectivity index is 4.41. The molecule has 0 aromatic carbocycles. The Hall–Kier alpha value is -2.88. The zero-order chi connectivity index (χ0) is 39.6. The highest BCUT2D eigenvalue weighted by Crippen LogP contribution is 2.43. The van der Waals surface area contributed by atoms with E-state index in [9.17, 15) is 19.4 Å². The van der Waals surface area contributed by atoms with E-state index in [1.165, 1.54) is 0 Å². The SMILES string of the molecule is CC/C=C\C/C=C\C/C=C\C/C=C\C/C=C\CCCCOCC(COP(=O)(O)OCC(O)CO)OC(=O)CCCC/C=C\C/C=C\C/C=C\C/C=C\CC. The molecule has 10 heteroatoms. The van der Waals surface area contributed by atoms with Crippen molar-refractivity contribution in [3.63, 3.8) is 0 Å². The first-order chi connectivity index (χ1) is 26.3. The Kier molecular flexibility index (Phi) is 37.7. The van der Waals surface area contributed by atoms with Gasteiger partial charge in [0.15, 0.2) is 0 Å². The maximum Gasteiger partial charge on any atom is 0.472 e. The number of phosphoric acid groups is 1. The Morgan fingerprint density at radius 3 is 1.43 bits per heavy atom. The van der Waals surface area contributed by atoms with Gasteiger partial charge >= 0.3 is 13.8 Å². The van der Waals surface area contributed by atoms with Gasteiger partial charge in [0.25, 0.3) is 0 Å². The first kappa shape index (κ1) is 51.1. The lowest BCUT2D eigenvalue weighted by atomic mass is 10.2. The number of esters is 1. The number of aliphatic hydroxyl groups is 2. The molecule has 0 spiro atoms. The van der Waals surface area contributed by atoms with Crippen molar-refractivity contribution in [2.45, 2.75) is 129 Å². The molecule has 0 aliphatic rings. The van der Waals surface area contributed by atoms with Crippen molar-refractivity contribution in [1.82, 2.24) is 0 Å². The van der Waals surface area contributed by atoms with Crippen LogP contribution in [0, 0.1) is 0 Å². The van der Waals surface area contributed by atoms with Crippen LogP contribution in [0.2, 0.25) is 0 Å². The summed E-state index contributed by atoms with van der Waals surface area (Å²) in [7, 11) is -4.55. The molecule has 0 heterocycles. The van der Waals surface area contributed by atoms with E-state index in [1.807, 2.05) is 0 Å². The van der Waals surface area contributed by atoms with E-state index < -0.39 is 45.8 Å². The van der Waals surface area contributed by atoms with Gasteiger partial charge in [0.2, 0.25) is 0 Å². The molecule has 0 fully saturated rings. The summed E-state index contributed by atoms with van der Waals surface area (Å²) in [6, 6.07) is 0. The van der Waals surface area contributed by atoms with Gasteiger partial charge < -0.3 is 24.6 Å². The van der Waals surface area contributed by atoms with Gasteiger partial charge in [0.05, 0.1) is 26.4 Å². The summed E-state index contributed by atoms with van der Waals surface area (Å²) < 4.78 is 33.2. The number of allylic oxidation sites excluding steroid dienone is 18. The molecule has 3 atom stereocenters. The van der Waals surface area contributed by atoms with Crippen LogP contribution in [0.4, 0.5) is 0 Å². The maximum atomic E-state index is 12.6. The number of carbonyl (C=O) groups is 1. The molecule has 0 rings (SSSR count). The van der Waals surface area contributed by atoms with E-state index in [-0.39, 0.29) is 13.0 Å². The van der Waals surface area contributed by atoms with Crippen molar-refractivity contribution in [3.05, 3.63) is 109 Å². The molecule has 3 N–H and O–H groups in total. The van der Waals surface area contributed by atoms with Gasteiger partial charge in [-0.25, -0.2) is 4.57 Å². The number of hydrogen-bond acceptors (Lipinski definition) is 8. The van der Waals surface area contributed by atoms with Gasteiger partial charge in [0, 0.05) is 13.0 Å². The molecule has 0 saturated carbocycles. The van der Waals surface area contributed by atoms with Gasteiger partial charge in [-0.3, -0.25) is 13.8 Å². The Morgan fingerprint density at radius 1 is 0.574 bits per heavy atom. The Morgan fingerprint density at radius 2 is 0.981 bits per heavy atom. The lowest BCUT2D eigenvalue weighted by molar-refractivity contribution is -0.154. The van der Waals surface area contributed by atoms with E-state index in [2.05, 4.69) is 123 Å². The fourth-order valence-electron chi connectivity index (χ4n) is 4.49. The number of hydrogen-bond donors (Lipinski definition) is 3. The predicted molar refractivity (Wildman–Crippen MR) is 223 cm³/mol. The lowest BCUT2D eigenvalue weighted by Crippen LogP contribution is -2.29. The first-order valence-corrected chi connectivity index (χ1v) is 21.4. The van der Waals surface area contributed by atoms with Crippen molar-refractivity contribution < 1.29 is 43.0 Å². The van der Waals surface area contributed by atoms with E-state index in [4.69, 9.17) is 23.6 Å². The van der Waals surface area contributed by atoms with Crippen LogP contribution in [0.3, 0.4) is 0 Å². The minimum absolute atomic E-state index is 0.00533. The third-order valence-corrected chi connectivity index (χ3v) is 8.40. The van der Waals surface area contributed by atoms with Crippen molar-refractivity contribution in [2.24, 2.45) is 0 Å². The van der Waals surface area contributed by atoms with E-state index >= 15 is 0 Å². The molecule has 0 aromatic rings. The monoisotopic (exact) mass is 774 g/mol. The number of phosphoric ester groups is 1.